The number of hydrogen-bond acceptors (Lipinski definition) is 4. The molecular formula is C21H22IN3O. The largest absolute Gasteiger partial charge is 0.508 e. The van der Waals surface area contributed by atoms with Crippen LogP contribution < -0.4 is 5.32 Å². The van der Waals surface area contributed by atoms with Gasteiger partial charge in [0.1, 0.15) is 5.75 Å². The van der Waals surface area contributed by atoms with Gasteiger partial charge in [0.25, 0.3) is 0 Å². The van der Waals surface area contributed by atoms with Crippen molar-refractivity contribution in [3.8, 4) is 5.75 Å². The molecule has 3 aromatic rings. The number of aromatic hydroxyl groups is 1. The molecule has 0 atom stereocenters. The lowest BCUT2D eigenvalue weighted by molar-refractivity contribution is 0.436. The molecule has 4 nitrogen and oxygen atoms in total. The van der Waals surface area contributed by atoms with Crippen LogP contribution >= 0.6 is 24.0 Å². The monoisotopic (exact) mass is 459 g/mol. The van der Waals surface area contributed by atoms with E-state index in [0.29, 0.717) is 5.75 Å². The molecule has 26 heavy (non-hydrogen) atoms. The molecule has 1 aliphatic rings. The summed E-state index contributed by atoms with van der Waals surface area (Å²) in [5.74, 6) is 1.27. The van der Waals surface area contributed by atoms with Crippen molar-refractivity contribution in [1.82, 2.24) is 10.2 Å². The van der Waals surface area contributed by atoms with Crippen molar-refractivity contribution in [2.45, 2.75) is 13.1 Å². The number of fused-ring (bicyclic) bond motifs is 1. The summed E-state index contributed by atoms with van der Waals surface area (Å²) >= 11 is 0. The molecule has 0 saturated carbocycles. The van der Waals surface area contributed by atoms with E-state index in [2.05, 4.69) is 51.6 Å². The average Bonchev–Trinajstić information content (AvgIpc) is 3.08. The summed E-state index contributed by atoms with van der Waals surface area (Å²) in [6, 6.07) is 22.2. The third kappa shape index (κ3) is 4.27. The van der Waals surface area contributed by atoms with E-state index in [0.717, 1.165) is 42.9 Å². The van der Waals surface area contributed by atoms with Crippen LogP contribution in [0.15, 0.2) is 71.7 Å². The van der Waals surface area contributed by atoms with Crippen molar-refractivity contribution in [3.63, 3.8) is 0 Å². The van der Waals surface area contributed by atoms with Crippen LogP contribution in [-0.4, -0.2) is 29.1 Å². The summed E-state index contributed by atoms with van der Waals surface area (Å²) in [4.78, 5) is 6.89. The van der Waals surface area contributed by atoms with E-state index >= 15 is 0 Å². The van der Waals surface area contributed by atoms with Gasteiger partial charge in [0.2, 0.25) is 0 Å². The van der Waals surface area contributed by atoms with E-state index in [1.165, 1.54) is 11.1 Å². The molecule has 2 N–H and O–H groups in total. The molecule has 0 bridgehead atoms. The summed E-state index contributed by atoms with van der Waals surface area (Å²) in [7, 11) is 0. The first kappa shape index (κ1) is 18.5. The molecule has 3 aromatic carbocycles. The second kappa shape index (κ2) is 8.40. The molecule has 5 heteroatoms. The number of phenols is 1. The number of nitrogens with zero attached hydrogens (tertiary/aromatic N) is 2. The molecule has 0 amide bonds. The van der Waals surface area contributed by atoms with Gasteiger partial charge in [-0.25, -0.2) is 0 Å². The highest BCUT2D eigenvalue weighted by atomic mass is 127. The van der Waals surface area contributed by atoms with Gasteiger partial charge in [-0.1, -0.05) is 48.5 Å². The van der Waals surface area contributed by atoms with Gasteiger partial charge in [0.15, 0.2) is 5.96 Å². The van der Waals surface area contributed by atoms with Crippen LogP contribution in [0.4, 0.5) is 0 Å². The highest BCUT2D eigenvalue weighted by Crippen LogP contribution is 2.21. The fraction of sp³-hybridized carbons (Fsp3) is 0.190. The van der Waals surface area contributed by atoms with Crippen LogP contribution in [0.3, 0.4) is 0 Å². The molecule has 1 heterocycles. The van der Waals surface area contributed by atoms with Gasteiger partial charge in [-0.05, 0) is 40.1 Å². The van der Waals surface area contributed by atoms with Crippen molar-refractivity contribution in [2.75, 3.05) is 13.1 Å². The summed E-state index contributed by atoms with van der Waals surface area (Å²) in [6.45, 7) is 3.41. The van der Waals surface area contributed by atoms with Gasteiger partial charge in [0.05, 0.1) is 6.54 Å². The number of nitrogens with one attached hydrogen (secondary N) is 1. The zero-order valence-electron chi connectivity index (χ0n) is 14.4. The number of halogens is 1. The Morgan fingerprint density at radius 3 is 2.54 bits per heavy atom. The van der Waals surface area contributed by atoms with Gasteiger partial charge in [-0.2, -0.15) is 0 Å². The predicted octanol–water partition coefficient (Wildman–Crippen LogP) is 4.12. The first-order chi connectivity index (χ1) is 12.3. The highest BCUT2D eigenvalue weighted by Gasteiger charge is 2.16. The fourth-order valence-electron chi connectivity index (χ4n) is 3.18. The van der Waals surface area contributed by atoms with Gasteiger partial charge in [0, 0.05) is 19.6 Å². The molecule has 1 aliphatic heterocycles. The van der Waals surface area contributed by atoms with Crippen LogP contribution in [0.2, 0.25) is 0 Å². The van der Waals surface area contributed by atoms with E-state index in [-0.39, 0.29) is 24.0 Å². The fourth-order valence-corrected chi connectivity index (χ4v) is 3.18. The molecule has 0 spiro atoms. The maximum absolute atomic E-state index is 9.56. The van der Waals surface area contributed by atoms with Gasteiger partial charge in [-0.3, -0.25) is 4.99 Å². The van der Waals surface area contributed by atoms with E-state index in [1.807, 2.05) is 18.2 Å². The molecular weight excluding hydrogens is 437 g/mol. The second-order valence-electron chi connectivity index (χ2n) is 6.33. The minimum atomic E-state index is 0. The lowest BCUT2D eigenvalue weighted by atomic mass is 10.1. The zero-order valence-corrected chi connectivity index (χ0v) is 16.8. The minimum Gasteiger partial charge on any atom is -0.508 e. The SMILES string of the molecule is I.Oc1ccc2cc(CNC3=NCCN3Cc3ccccc3)ccc2c1. The predicted molar refractivity (Wildman–Crippen MR) is 117 cm³/mol. The topological polar surface area (TPSA) is 47.9 Å². The van der Waals surface area contributed by atoms with Gasteiger partial charge < -0.3 is 15.3 Å². The normalized spacial score (nSPS) is 13.4. The number of aliphatic imine (C=N–C) groups is 1. The van der Waals surface area contributed by atoms with Gasteiger partial charge >= 0.3 is 0 Å². The number of rotatable bonds is 4. The Hall–Kier alpha value is -2.28. The summed E-state index contributed by atoms with van der Waals surface area (Å²) in [5.41, 5.74) is 2.50. The first-order valence-corrected chi connectivity index (χ1v) is 8.57. The van der Waals surface area contributed by atoms with Crippen LogP contribution in [0.5, 0.6) is 5.75 Å². The van der Waals surface area contributed by atoms with E-state index < -0.39 is 0 Å². The van der Waals surface area contributed by atoms with Crippen molar-refractivity contribution >= 4 is 40.7 Å². The number of hydrogen-bond donors (Lipinski definition) is 2. The Bertz CT molecular complexity index is 912. The smallest absolute Gasteiger partial charge is 0.194 e. The van der Waals surface area contributed by atoms with Crippen LogP contribution in [-0.2, 0) is 13.1 Å². The molecule has 134 valence electrons. The molecule has 0 unspecified atom stereocenters. The highest BCUT2D eigenvalue weighted by molar-refractivity contribution is 14.0. The van der Waals surface area contributed by atoms with Crippen molar-refractivity contribution in [1.29, 1.82) is 0 Å². The Balaban J connectivity index is 0.00000196. The summed E-state index contributed by atoms with van der Waals surface area (Å²) in [5, 5.41) is 15.2. The first-order valence-electron chi connectivity index (χ1n) is 8.57. The zero-order chi connectivity index (χ0) is 17.1. The Morgan fingerprint density at radius 1 is 0.923 bits per heavy atom. The van der Waals surface area contributed by atoms with Crippen molar-refractivity contribution in [2.24, 2.45) is 4.99 Å². The molecule has 4 rings (SSSR count). The standard InChI is InChI=1S/C21H21N3O.HI/c25-20-9-8-18-12-17(6-7-19(18)13-20)14-23-21-22-10-11-24(21)15-16-4-2-1-3-5-16;/h1-9,12-13,25H,10-11,14-15H2,(H,22,23);1H. The third-order valence-electron chi connectivity index (χ3n) is 4.49. The summed E-state index contributed by atoms with van der Waals surface area (Å²) < 4.78 is 0. The van der Waals surface area contributed by atoms with Crippen LogP contribution in [0, 0.1) is 0 Å². The van der Waals surface area contributed by atoms with Crippen LogP contribution in [0.25, 0.3) is 10.8 Å². The maximum Gasteiger partial charge on any atom is 0.194 e. The number of phenolic OH excluding ortho intramolecular Hbond substituents is 1. The minimum absolute atomic E-state index is 0. The van der Waals surface area contributed by atoms with E-state index in [1.54, 1.807) is 12.1 Å². The van der Waals surface area contributed by atoms with E-state index in [4.69, 9.17) is 0 Å². The summed E-state index contributed by atoms with van der Waals surface area (Å²) in [6.07, 6.45) is 0. The quantitative estimate of drug-likeness (QED) is 0.578. The number of guanidine groups is 1. The Morgan fingerprint density at radius 2 is 1.69 bits per heavy atom. The second-order valence-corrected chi connectivity index (χ2v) is 6.33. The van der Waals surface area contributed by atoms with E-state index in [9.17, 15) is 5.11 Å². The lowest BCUT2D eigenvalue weighted by Crippen LogP contribution is -2.37. The van der Waals surface area contributed by atoms with Crippen molar-refractivity contribution < 1.29 is 5.11 Å². The third-order valence-corrected chi connectivity index (χ3v) is 4.49. The Kier molecular flexibility index (Phi) is 5.98. The molecule has 0 radical (unpaired) electrons. The Labute approximate surface area is 170 Å². The van der Waals surface area contributed by atoms with Gasteiger partial charge in [-0.15, -0.1) is 24.0 Å². The lowest BCUT2D eigenvalue weighted by Gasteiger charge is -2.21. The maximum atomic E-state index is 9.56. The molecule has 0 aliphatic carbocycles. The molecule has 0 aromatic heterocycles. The number of benzene rings is 3. The van der Waals surface area contributed by atoms with Crippen LogP contribution in [0.1, 0.15) is 11.1 Å². The molecule has 0 saturated heterocycles. The van der Waals surface area contributed by atoms with Crippen molar-refractivity contribution in [3.05, 3.63) is 77.9 Å². The average molecular weight is 459 g/mol. The molecule has 0 fully saturated rings.